The average molecular weight is 287 g/mol. The molecular weight excluding hydrogens is 274 g/mol. The zero-order valence-electron chi connectivity index (χ0n) is 10.5. The number of benzene rings is 1. The van der Waals surface area contributed by atoms with E-state index in [1.165, 1.54) is 13.2 Å². The Labute approximate surface area is 114 Å². The lowest BCUT2D eigenvalue weighted by Crippen LogP contribution is -2.02. The van der Waals surface area contributed by atoms with Gasteiger partial charge in [-0.05, 0) is 25.1 Å². The Bertz CT molecular complexity index is 605. The minimum Gasteiger partial charge on any atom is -0.496 e. The smallest absolute Gasteiger partial charge is 0.280 e. The van der Waals surface area contributed by atoms with Crippen molar-refractivity contribution < 1.29 is 13.5 Å². The van der Waals surface area contributed by atoms with E-state index in [1.807, 2.05) is 6.92 Å². The van der Waals surface area contributed by atoms with Crippen molar-refractivity contribution >= 4 is 28.2 Å². The zero-order chi connectivity index (χ0) is 14.0. The minimum absolute atomic E-state index is 0.307. The van der Waals surface area contributed by atoms with Gasteiger partial charge >= 0.3 is 0 Å². The fourth-order valence-corrected chi connectivity index (χ4v) is 2.11. The molecule has 0 aliphatic carbocycles. The largest absolute Gasteiger partial charge is 0.496 e. The van der Waals surface area contributed by atoms with Crippen molar-refractivity contribution in [1.82, 2.24) is 4.98 Å². The molecule has 0 unspecified atom stereocenters. The zero-order valence-corrected chi connectivity index (χ0v) is 11.3. The Balaban J connectivity index is 2.81. The van der Waals surface area contributed by atoms with E-state index in [1.54, 1.807) is 12.1 Å². The lowest BCUT2D eigenvalue weighted by molar-refractivity contribution is 0.146. The predicted octanol–water partition coefficient (Wildman–Crippen LogP) is 4.27. The molecule has 0 bridgehead atoms. The highest BCUT2D eigenvalue weighted by atomic mass is 35.5. The second kappa shape index (κ2) is 5.57. The topological polar surface area (TPSA) is 34.2 Å². The first-order chi connectivity index (χ1) is 9.08. The molecule has 2 rings (SSSR count). The summed E-state index contributed by atoms with van der Waals surface area (Å²) in [6.07, 6.45) is -2.65. The highest BCUT2D eigenvalue weighted by Crippen LogP contribution is 2.37. The van der Waals surface area contributed by atoms with Crippen molar-refractivity contribution in [3.63, 3.8) is 0 Å². The first-order valence-corrected chi connectivity index (χ1v) is 6.15. The Morgan fingerprint density at radius 3 is 2.74 bits per heavy atom. The number of nitrogens with one attached hydrogen (secondary N) is 1. The van der Waals surface area contributed by atoms with Crippen molar-refractivity contribution in [2.45, 2.75) is 13.3 Å². The number of hydrogen-bond donors (Lipinski definition) is 1. The Kier molecular flexibility index (Phi) is 4.04. The normalized spacial score (nSPS) is 11.1. The van der Waals surface area contributed by atoms with E-state index in [-0.39, 0.29) is 5.69 Å². The van der Waals surface area contributed by atoms with Gasteiger partial charge in [0.05, 0.1) is 23.0 Å². The van der Waals surface area contributed by atoms with E-state index in [4.69, 9.17) is 16.3 Å². The second-order valence-corrected chi connectivity index (χ2v) is 4.31. The third-order valence-electron chi connectivity index (χ3n) is 2.70. The van der Waals surface area contributed by atoms with Gasteiger partial charge in [0.2, 0.25) is 0 Å². The summed E-state index contributed by atoms with van der Waals surface area (Å²) in [5.41, 5.74) is 0.551. The van der Waals surface area contributed by atoms with Crippen LogP contribution >= 0.6 is 11.6 Å². The fraction of sp³-hybridized carbons (Fsp3) is 0.308. The molecule has 0 saturated heterocycles. The van der Waals surface area contributed by atoms with Gasteiger partial charge < -0.3 is 10.1 Å². The van der Waals surface area contributed by atoms with E-state index in [0.29, 0.717) is 33.9 Å². The number of alkyl halides is 2. The molecule has 0 fully saturated rings. The first-order valence-electron chi connectivity index (χ1n) is 5.77. The van der Waals surface area contributed by atoms with Crippen molar-refractivity contribution in [2.75, 3.05) is 19.0 Å². The number of ether oxygens (including phenoxy) is 1. The molecule has 3 nitrogen and oxygen atoms in total. The summed E-state index contributed by atoms with van der Waals surface area (Å²) in [6.45, 7) is 2.47. The minimum atomic E-state index is -2.65. The summed E-state index contributed by atoms with van der Waals surface area (Å²) in [7, 11) is 1.51. The van der Waals surface area contributed by atoms with Gasteiger partial charge in [-0.1, -0.05) is 11.6 Å². The van der Waals surface area contributed by atoms with Crippen molar-refractivity contribution in [3.8, 4) is 5.75 Å². The lowest BCUT2D eigenvalue weighted by Gasteiger charge is -2.14. The number of methoxy groups -OCH3 is 1. The fourth-order valence-electron chi connectivity index (χ4n) is 1.91. The van der Waals surface area contributed by atoms with Crippen LogP contribution in [0, 0.1) is 0 Å². The van der Waals surface area contributed by atoms with Crippen LogP contribution in [0.2, 0.25) is 5.02 Å². The van der Waals surface area contributed by atoms with Crippen LogP contribution in [-0.2, 0) is 0 Å². The Morgan fingerprint density at radius 1 is 1.42 bits per heavy atom. The number of halogens is 3. The second-order valence-electron chi connectivity index (χ2n) is 3.90. The number of rotatable bonds is 4. The number of hydrogen-bond acceptors (Lipinski definition) is 3. The molecule has 0 amide bonds. The average Bonchev–Trinajstić information content (AvgIpc) is 2.39. The molecule has 1 aromatic heterocycles. The molecule has 0 spiro atoms. The van der Waals surface area contributed by atoms with Crippen molar-refractivity contribution in [2.24, 2.45) is 0 Å². The summed E-state index contributed by atoms with van der Waals surface area (Å²) < 4.78 is 31.0. The number of fused-ring (bicyclic) bond motifs is 1. The Hall–Kier alpha value is -1.62. The van der Waals surface area contributed by atoms with Crippen LogP contribution in [0.1, 0.15) is 19.0 Å². The quantitative estimate of drug-likeness (QED) is 0.911. The SMILES string of the molecule is CCNc1cc(C(F)F)nc2c(Cl)ccc(OC)c12. The van der Waals surface area contributed by atoms with Crippen molar-refractivity contribution in [1.29, 1.82) is 0 Å². The van der Waals surface area contributed by atoms with E-state index >= 15 is 0 Å². The number of nitrogens with zero attached hydrogens (tertiary/aromatic N) is 1. The van der Waals surface area contributed by atoms with Crippen LogP contribution in [-0.4, -0.2) is 18.6 Å². The van der Waals surface area contributed by atoms with Crippen LogP contribution in [0.5, 0.6) is 5.75 Å². The predicted molar refractivity (Wildman–Crippen MR) is 72.4 cm³/mol. The molecule has 19 heavy (non-hydrogen) atoms. The van der Waals surface area contributed by atoms with Gasteiger partial charge in [0.1, 0.15) is 11.4 Å². The maximum absolute atomic E-state index is 12.9. The molecule has 102 valence electrons. The van der Waals surface area contributed by atoms with Crippen LogP contribution < -0.4 is 10.1 Å². The molecule has 0 atom stereocenters. The third kappa shape index (κ3) is 2.56. The van der Waals surface area contributed by atoms with Crippen molar-refractivity contribution in [3.05, 3.63) is 28.9 Å². The van der Waals surface area contributed by atoms with Gasteiger partial charge in [-0.3, -0.25) is 0 Å². The summed E-state index contributed by atoms with van der Waals surface area (Å²) in [4.78, 5) is 3.92. The molecule has 1 heterocycles. The summed E-state index contributed by atoms with van der Waals surface area (Å²) >= 11 is 6.04. The van der Waals surface area contributed by atoms with E-state index in [2.05, 4.69) is 10.3 Å². The maximum Gasteiger partial charge on any atom is 0.280 e. The van der Waals surface area contributed by atoms with Gasteiger partial charge in [-0.2, -0.15) is 0 Å². The molecule has 0 aliphatic rings. The molecule has 1 N–H and O–H groups in total. The van der Waals surface area contributed by atoms with Crippen LogP contribution in [0.3, 0.4) is 0 Å². The standard InChI is InChI=1S/C13H13ClF2N2O/c1-3-17-8-6-9(13(15)16)18-12-7(14)4-5-10(19-2)11(8)12/h4-6,13H,3H2,1-2H3,(H,17,18). The summed E-state index contributed by atoms with van der Waals surface area (Å²) in [5.74, 6) is 0.545. The maximum atomic E-state index is 12.9. The van der Waals surface area contributed by atoms with Crippen LogP contribution in [0.4, 0.5) is 14.5 Å². The van der Waals surface area contributed by atoms with Gasteiger partial charge in [0.25, 0.3) is 6.43 Å². The van der Waals surface area contributed by atoms with E-state index in [9.17, 15) is 8.78 Å². The van der Waals surface area contributed by atoms with Crippen LogP contribution in [0.25, 0.3) is 10.9 Å². The van der Waals surface area contributed by atoms with E-state index in [0.717, 1.165) is 0 Å². The van der Waals surface area contributed by atoms with Gasteiger partial charge in [0, 0.05) is 12.2 Å². The monoisotopic (exact) mass is 286 g/mol. The highest BCUT2D eigenvalue weighted by Gasteiger charge is 2.17. The number of anilines is 1. The highest BCUT2D eigenvalue weighted by molar-refractivity contribution is 6.35. The number of pyridine rings is 1. The molecular formula is C13H13ClF2N2O. The van der Waals surface area contributed by atoms with Gasteiger partial charge in [-0.15, -0.1) is 0 Å². The van der Waals surface area contributed by atoms with E-state index < -0.39 is 6.43 Å². The molecule has 1 aromatic carbocycles. The lowest BCUT2D eigenvalue weighted by atomic mass is 10.1. The summed E-state index contributed by atoms with van der Waals surface area (Å²) in [6, 6.07) is 4.60. The van der Waals surface area contributed by atoms with Gasteiger partial charge in [-0.25, -0.2) is 13.8 Å². The van der Waals surface area contributed by atoms with Gasteiger partial charge in [0.15, 0.2) is 0 Å². The molecule has 6 heteroatoms. The molecule has 0 radical (unpaired) electrons. The third-order valence-corrected chi connectivity index (χ3v) is 3.01. The molecule has 0 saturated carbocycles. The van der Waals surface area contributed by atoms with Crippen LogP contribution in [0.15, 0.2) is 18.2 Å². The molecule has 0 aliphatic heterocycles. The summed E-state index contributed by atoms with van der Waals surface area (Å²) in [5, 5.41) is 3.97. The number of aromatic nitrogens is 1. The molecule has 2 aromatic rings. The first kappa shape index (κ1) is 13.8. The Morgan fingerprint density at radius 2 is 2.16 bits per heavy atom.